The third kappa shape index (κ3) is 4.26. The molecule has 2 rings (SSSR count). The summed E-state index contributed by atoms with van der Waals surface area (Å²) in [6.45, 7) is -0.784. The molecule has 4 heteroatoms. The van der Waals surface area contributed by atoms with Crippen molar-refractivity contribution in [3.63, 3.8) is 0 Å². The minimum atomic E-state index is -2.82. The Morgan fingerprint density at radius 2 is 1.86 bits per heavy atom. The first-order chi connectivity index (χ1) is 10.1. The lowest BCUT2D eigenvalue weighted by molar-refractivity contribution is -0.0507. The van der Waals surface area contributed by atoms with Crippen LogP contribution in [-0.4, -0.2) is 13.7 Å². The molecule has 0 aromatic heterocycles. The highest BCUT2D eigenvalue weighted by Crippen LogP contribution is 2.28. The molecule has 0 amide bonds. The second-order valence-electron chi connectivity index (χ2n) is 4.95. The van der Waals surface area contributed by atoms with Crippen molar-refractivity contribution in [3.8, 4) is 5.75 Å². The third-order valence-electron chi connectivity index (χ3n) is 3.38. The molecular weight excluding hydrogens is 272 g/mol. The van der Waals surface area contributed by atoms with E-state index in [0.29, 0.717) is 6.42 Å². The summed E-state index contributed by atoms with van der Waals surface area (Å²) in [4.78, 5) is 0. The zero-order valence-electron chi connectivity index (χ0n) is 12.1. The summed E-state index contributed by atoms with van der Waals surface area (Å²) in [6, 6.07) is 15.0. The fraction of sp³-hybridized carbons (Fsp3) is 0.294. The van der Waals surface area contributed by atoms with Gasteiger partial charge in [-0.1, -0.05) is 48.0 Å². The maximum atomic E-state index is 12.5. The molecule has 1 atom stereocenters. The van der Waals surface area contributed by atoms with Gasteiger partial charge < -0.3 is 10.1 Å². The minimum absolute atomic E-state index is 0.0817. The summed E-state index contributed by atoms with van der Waals surface area (Å²) in [5.41, 5.74) is 3.07. The van der Waals surface area contributed by atoms with Crippen molar-refractivity contribution in [3.05, 3.63) is 65.2 Å². The molecular formula is C17H19F2NO. The number of likely N-dealkylation sites (N-methyl/N-ethyl adjacent to an activating group) is 1. The summed E-state index contributed by atoms with van der Waals surface area (Å²) in [7, 11) is 1.82. The van der Waals surface area contributed by atoms with Gasteiger partial charge in [-0.2, -0.15) is 8.78 Å². The molecule has 0 heterocycles. The Morgan fingerprint density at radius 1 is 1.10 bits per heavy atom. The maximum absolute atomic E-state index is 12.5. The number of benzene rings is 2. The van der Waals surface area contributed by atoms with Crippen molar-refractivity contribution in [2.45, 2.75) is 26.0 Å². The van der Waals surface area contributed by atoms with Crippen LogP contribution in [0.1, 0.15) is 22.7 Å². The van der Waals surface area contributed by atoms with E-state index in [-0.39, 0.29) is 11.8 Å². The van der Waals surface area contributed by atoms with Crippen LogP contribution in [0, 0.1) is 6.92 Å². The van der Waals surface area contributed by atoms with Gasteiger partial charge in [0, 0.05) is 11.6 Å². The quantitative estimate of drug-likeness (QED) is 0.865. The van der Waals surface area contributed by atoms with Gasteiger partial charge in [-0.25, -0.2) is 0 Å². The fourth-order valence-electron chi connectivity index (χ4n) is 2.41. The van der Waals surface area contributed by atoms with Gasteiger partial charge in [-0.15, -0.1) is 0 Å². The number of para-hydroxylation sites is 1. The average Bonchev–Trinajstić information content (AvgIpc) is 2.45. The van der Waals surface area contributed by atoms with Crippen molar-refractivity contribution in [2.75, 3.05) is 7.05 Å². The summed E-state index contributed by atoms with van der Waals surface area (Å²) in [6.07, 6.45) is 0.710. The Balaban J connectivity index is 2.25. The van der Waals surface area contributed by atoms with E-state index < -0.39 is 6.61 Å². The lowest BCUT2D eigenvalue weighted by atomic mass is 9.97. The second kappa shape index (κ2) is 7.18. The molecule has 112 valence electrons. The summed E-state index contributed by atoms with van der Waals surface area (Å²) in [5.74, 6) is 0.222. The SMILES string of the molecule is CNC(Cc1cccc(C)c1)c1ccccc1OC(F)F. The highest BCUT2D eigenvalue weighted by Gasteiger charge is 2.17. The Bertz CT molecular complexity index is 587. The molecule has 0 aliphatic rings. The smallest absolute Gasteiger partial charge is 0.387 e. The Hall–Kier alpha value is -1.94. The van der Waals surface area contributed by atoms with E-state index in [2.05, 4.69) is 16.1 Å². The lowest BCUT2D eigenvalue weighted by Gasteiger charge is -2.20. The molecule has 0 radical (unpaired) electrons. The summed E-state index contributed by atoms with van der Waals surface area (Å²) < 4.78 is 29.6. The zero-order valence-corrected chi connectivity index (χ0v) is 12.1. The van der Waals surface area contributed by atoms with E-state index in [1.54, 1.807) is 12.1 Å². The molecule has 21 heavy (non-hydrogen) atoms. The van der Waals surface area contributed by atoms with E-state index in [1.165, 1.54) is 5.56 Å². The number of halogens is 2. The second-order valence-corrected chi connectivity index (χ2v) is 4.95. The predicted octanol–water partition coefficient (Wildman–Crippen LogP) is 4.10. The number of rotatable bonds is 6. The fourth-order valence-corrected chi connectivity index (χ4v) is 2.41. The van der Waals surface area contributed by atoms with E-state index in [4.69, 9.17) is 0 Å². The number of ether oxygens (including phenoxy) is 1. The van der Waals surface area contributed by atoms with Crippen molar-refractivity contribution >= 4 is 0 Å². The van der Waals surface area contributed by atoms with Crippen LogP contribution in [0.5, 0.6) is 5.75 Å². The average molecular weight is 291 g/mol. The van der Waals surface area contributed by atoms with Gasteiger partial charge in [0.05, 0.1) is 0 Å². The van der Waals surface area contributed by atoms with Crippen molar-refractivity contribution in [2.24, 2.45) is 0 Å². The molecule has 2 nitrogen and oxygen atoms in total. The molecule has 0 aliphatic heterocycles. The van der Waals surface area contributed by atoms with Gasteiger partial charge in [-0.3, -0.25) is 0 Å². The van der Waals surface area contributed by atoms with E-state index in [0.717, 1.165) is 11.1 Å². The van der Waals surface area contributed by atoms with Gasteiger partial charge in [0.1, 0.15) is 5.75 Å². The summed E-state index contributed by atoms with van der Waals surface area (Å²) >= 11 is 0. The molecule has 0 spiro atoms. The van der Waals surface area contributed by atoms with Crippen LogP contribution >= 0.6 is 0 Å². The Morgan fingerprint density at radius 3 is 2.52 bits per heavy atom. The summed E-state index contributed by atoms with van der Waals surface area (Å²) in [5, 5.41) is 3.18. The van der Waals surface area contributed by atoms with Gasteiger partial charge in [0.15, 0.2) is 0 Å². The molecule has 0 aliphatic carbocycles. The standard InChI is InChI=1S/C17H19F2NO/c1-12-6-5-7-13(10-12)11-15(20-2)14-8-3-4-9-16(14)21-17(18)19/h3-10,15,17,20H,11H2,1-2H3. The van der Waals surface area contributed by atoms with Gasteiger partial charge >= 0.3 is 6.61 Å². The third-order valence-corrected chi connectivity index (χ3v) is 3.38. The van der Waals surface area contributed by atoms with Crippen LogP contribution in [0.4, 0.5) is 8.78 Å². The highest BCUT2D eigenvalue weighted by molar-refractivity contribution is 5.37. The van der Waals surface area contributed by atoms with Crippen LogP contribution in [0.25, 0.3) is 0 Å². The molecule has 1 N–H and O–H groups in total. The minimum Gasteiger partial charge on any atom is -0.434 e. The highest BCUT2D eigenvalue weighted by atomic mass is 19.3. The predicted molar refractivity (Wildman–Crippen MR) is 79.8 cm³/mol. The zero-order chi connectivity index (χ0) is 15.2. The molecule has 2 aromatic carbocycles. The van der Waals surface area contributed by atoms with Gasteiger partial charge in [-0.05, 0) is 32.0 Å². The van der Waals surface area contributed by atoms with E-state index in [9.17, 15) is 8.78 Å². The van der Waals surface area contributed by atoms with Gasteiger partial charge in [0.25, 0.3) is 0 Å². The van der Waals surface area contributed by atoms with Crippen LogP contribution < -0.4 is 10.1 Å². The topological polar surface area (TPSA) is 21.3 Å². The number of hydrogen-bond donors (Lipinski definition) is 1. The first kappa shape index (κ1) is 15.4. The number of hydrogen-bond acceptors (Lipinski definition) is 2. The van der Waals surface area contributed by atoms with Crippen LogP contribution in [0.3, 0.4) is 0 Å². The molecule has 1 unspecified atom stereocenters. The van der Waals surface area contributed by atoms with E-state index in [1.807, 2.05) is 44.3 Å². The normalized spacial score (nSPS) is 12.4. The Labute approximate surface area is 123 Å². The molecule has 0 fully saturated rings. The van der Waals surface area contributed by atoms with Crippen molar-refractivity contribution in [1.29, 1.82) is 0 Å². The first-order valence-corrected chi connectivity index (χ1v) is 6.86. The number of nitrogens with one attached hydrogen (secondary N) is 1. The van der Waals surface area contributed by atoms with Crippen LogP contribution in [-0.2, 0) is 6.42 Å². The molecule has 0 bridgehead atoms. The van der Waals surface area contributed by atoms with Crippen LogP contribution in [0.2, 0.25) is 0 Å². The van der Waals surface area contributed by atoms with Crippen LogP contribution in [0.15, 0.2) is 48.5 Å². The number of alkyl halides is 2. The van der Waals surface area contributed by atoms with Crippen molar-refractivity contribution in [1.82, 2.24) is 5.32 Å². The van der Waals surface area contributed by atoms with Gasteiger partial charge in [0.2, 0.25) is 0 Å². The number of aryl methyl sites for hydroxylation is 1. The molecule has 2 aromatic rings. The molecule has 0 saturated heterocycles. The van der Waals surface area contributed by atoms with E-state index >= 15 is 0 Å². The lowest BCUT2D eigenvalue weighted by Crippen LogP contribution is -2.20. The largest absolute Gasteiger partial charge is 0.434 e. The monoisotopic (exact) mass is 291 g/mol. The molecule has 0 saturated carbocycles. The maximum Gasteiger partial charge on any atom is 0.387 e. The first-order valence-electron chi connectivity index (χ1n) is 6.86. The Kier molecular flexibility index (Phi) is 5.28. The van der Waals surface area contributed by atoms with Crippen molar-refractivity contribution < 1.29 is 13.5 Å².